The van der Waals surface area contributed by atoms with E-state index in [2.05, 4.69) is 34.1 Å². The first-order valence-corrected chi connectivity index (χ1v) is 22.7. The Bertz CT molecular complexity index is 831. The van der Waals surface area contributed by atoms with Crippen LogP contribution >= 0.6 is 0 Å². The Morgan fingerprint density at radius 2 is 0.479 bits per heavy atom. The minimum Gasteiger partial charge on any atom is -0.294 e. The van der Waals surface area contributed by atoms with Crippen LogP contribution in [-0.2, 0) is 0 Å². The number of hydrogen-bond donors (Lipinski definition) is 0. The first-order chi connectivity index (χ1) is 23.8. The molecule has 48 heavy (non-hydrogen) atoms. The molecule has 272 valence electrons. The maximum Gasteiger partial charge on any atom is 0.0102 e. The summed E-state index contributed by atoms with van der Waals surface area (Å²) in [6, 6.07) is 5.43. The fourth-order valence-corrected chi connectivity index (χ4v) is 12.8. The molecule has 0 N–H and O–H groups in total. The van der Waals surface area contributed by atoms with Gasteiger partial charge in [-0.05, 0) is 139 Å². The molecule has 2 unspecified atom stereocenters. The van der Waals surface area contributed by atoms with E-state index in [1.807, 2.05) is 0 Å². The molecule has 0 amide bonds. The lowest BCUT2D eigenvalue weighted by Gasteiger charge is -2.48. The molecule has 7 fully saturated rings. The van der Waals surface area contributed by atoms with Gasteiger partial charge in [-0.1, -0.05) is 114 Å². The van der Waals surface area contributed by atoms with Gasteiger partial charge in [0.25, 0.3) is 0 Å². The van der Waals surface area contributed by atoms with E-state index < -0.39 is 0 Å². The highest BCUT2D eigenvalue weighted by molar-refractivity contribution is 5.06. The van der Waals surface area contributed by atoms with Crippen molar-refractivity contribution in [3.8, 4) is 0 Å². The van der Waals surface area contributed by atoms with Gasteiger partial charge in [0.1, 0.15) is 0 Å². The molecule has 2 atom stereocenters. The van der Waals surface area contributed by atoms with Gasteiger partial charge in [-0.15, -0.1) is 0 Å². The lowest BCUT2D eigenvalue weighted by atomic mass is 9.76. The second kappa shape index (κ2) is 18.8. The van der Waals surface area contributed by atoms with Crippen LogP contribution in [0.2, 0.25) is 0 Å². The Kier molecular flexibility index (Phi) is 14.0. The second-order valence-electron chi connectivity index (χ2n) is 18.6. The molecule has 2 heteroatoms. The van der Waals surface area contributed by atoms with Crippen LogP contribution in [0.25, 0.3) is 0 Å². The van der Waals surface area contributed by atoms with Crippen LogP contribution in [0.1, 0.15) is 205 Å². The highest BCUT2D eigenvalue weighted by atomic mass is 15.2. The van der Waals surface area contributed by atoms with Crippen molar-refractivity contribution in [1.82, 2.24) is 9.80 Å². The molecular weight excluding hydrogens is 581 g/mol. The number of rotatable bonds is 10. The third-order valence-corrected chi connectivity index (χ3v) is 15.4. The molecule has 0 aromatic heterocycles. The highest BCUT2D eigenvalue weighted by Crippen LogP contribution is 2.41. The van der Waals surface area contributed by atoms with Gasteiger partial charge in [-0.3, -0.25) is 9.80 Å². The Balaban J connectivity index is 0.894. The van der Waals surface area contributed by atoms with E-state index in [9.17, 15) is 0 Å². The average molecular weight is 659 g/mol. The monoisotopic (exact) mass is 659 g/mol. The summed E-state index contributed by atoms with van der Waals surface area (Å²) >= 11 is 0. The number of nitrogens with zero attached hydrogens (tertiary/aromatic N) is 2. The van der Waals surface area contributed by atoms with Gasteiger partial charge in [0.2, 0.25) is 0 Å². The third kappa shape index (κ3) is 9.63. The fraction of sp³-hybridized carbons (Fsp3) is 0.913. The van der Waals surface area contributed by atoms with Crippen LogP contribution in [0.4, 0.5) is 0 Å². The van der Waals surface area contributed by atoms with E-state index in [0.29, 0.717) is 0 Å². The normalized spacial score (nSPS) is 36.5. The maximum atomic E-state index is 3.16. The zero-order chi connectivity index (χ0) is 32.4. The third-order valence-electron chi connectivity index (χ3n) is 15.4. The van der Waals surface area contributed by atoms with Crippen LogP contribution in [0.15, 0.2) is 24.3 Å². The summed E-state index contributed by atoms with van der Waals surface area (Å²) in [5.74, 6) is 3.30. The summed E-state index contributed by atoms with van der Waals surface area (Å²) < 4.78 is 0. The van der Waals surface area contributed by atoms with Crippen molar-refractivity contribution < 1.29 is 0 Å². The van der Waals surface area contributed by atoms with Crippen molar-refractivity contribution in [3.05, 3.63) is 24.3 Å². The quantitative estimate of drug-likeness (QED) is 0.216. The number of allylic oxidation sites excluding steroid dienone is 4. The van der Waals surface area contributed by atoms with Crippen molar-refractivity contribution in [3.63, 3.8) is 0 Å². The lowest BCUT2D eigenvalue weighted by molar-refractivity contribution is 0.0181. The maximum absolute atomic E-state index is 3.16. The van der Waals surface area contributed by atoms with Gasteiger partial charge in [0.05, 0.1) is 0 Å². The van der Waals surface area contributed by atoms with Crippen LogP contribution in [0.5, 0.6) is 0 Å². The molecule has 0 saturated heterocycles. The van der Waals surface area contributed by atoms with E-state index in [-0.39, 0.29) is 0 Å². The Morgan fingerprint density at radius 1 is 0.229 bits per heavy atom. The molecule has 0 spiro atoms. The predicted octanol–water partition coefficient (Wildman–Crippen LogP) is 13.0. The van der Waals surface area contributed by atoms with E-state index in [0.717, 1.165) is 59.9 Å². The first-order valence-electron chi connectivity index (χ1n) is 22.7. The summed E-state index contributed by atoms with van der Waals surface area (Å²) in [5.41, 5.74) is 0. The van der Waals surface area contributed by atoms with E-state index in [4.69, 9.17) is 0 Å². The van der Waals surface area contributed by atoms with Crippen LogP contribution in [-0.4, -0.2) is 46.1 Å². The topological polar surface area (TPSA) is 6.48 Å². The highest BCUT2D eigenvalue weighted by Gasteiger charge is 2.37. The summed E-state index contributed by atoms with van der Waals surface area (Å²) in [6.07, 6.45) is 58.3. The molecule has 2 nitrogen and oxygen atoms in total. The summed E-state index contributed by atoms with van der Waals surface area (Å²) in [6.45, 7) is 0. The van der Waals surface area contributed by atoms with Crippen LogP contribution in [0.3, 0.4) is 0 Å². The smallest absolute Gasteiger partial charge is 0.0102 e. The minimum absolute atomic E-state index is 0.804. The van der Waals surface area contributed by atoms with Gasteiger partial charge in [0.15, 0.2) is 0 Å². The molecule has 0 aliphatic heterocycles. The summed E-state index contributed by atoms with van der Waals surface area (Å²) in [7, 11) is 0. The Labute approximate surface area is 298 Å². The van der Waals surface area contributed by atoms with E-state index >= 15 is 0 Å². The van der Waals surface area contributed by atoms with Crippen molar-refractivity contribution >= 4 is 0 Å². The minimum atomic E-state index is 0.804. The summed E-state index contributed by atoms with van der Waals surface area (Å²) in [4.78, 5) is 6.33. The van der Waals surface area contributed by atoms with Crippen LogP contribution < -0.4 is 0 Å². The van der Waals surface area contributed by atoms with Gasteiger partial charge in [-0.2, -0.15) is 0 Å². The van der Waals surface area contributed by atoms with Gasteiger partial charge in [-0.25, -0.2) is 0 Å². The molecule has 7 aliphatic carbocycles. The van der Waals surface area contributed by atoms with Crippen molar-refractivity contribution in [2.75, 3.05) is 0 Å². The second-order valence-corrected chi connectivity index (χ2v) is 18.6. The van der Waals surface area contributed by atoms with E-state index in [1.165, 1.54) is 205 Å². The molecule has 0 radical (unpaired) electrons. The first kappa shape index (κ1) is 35.8. The standard InChI is InChI=1S/C46H78N2/c1-5-17-41(18-6-1)47(42-19-7-2-8-20-42)45-33-27-37(28-34-45)25-31-39-15-13-14-16-40(39)32-26-38-29-35-46(36-30-38)48(43-21-9-3-10-22-43)44-23-11-4-12-24-44/h25-26,31-32,37-46H,1-24,27-30,33-36H2. The summed E-state index contributed by atoms with van der Waals surface area (Å²) in [5, 5.41) is 0. The molecule has 7 saturated carbocycles. The van der Waals surface area contributed by atoms with E-state index in [1.54, 1.807) is 0 Å². The van der Waals surface area contributed by atoms with Crippen molar-refractivity contribution in [2.45, 2.75) is 242 Å². The Morgan fingerprint density at radius 3 is 0.771 bits per heavy atom. The van der Waals surface area contributed by atoms with Gasteiger partial charge >= 0.3 is 0 Å². The molecule has 0 heterocycles. The zero-order valence-corrected chi connectivity index (χ0v) is 31.6. The molecule has 0 aromatic rings. The molecule has 0 aromatic carbocycles. The largest absolute Gasteiger partial charge is 0.294 e. The molecule has 7 aliphatic rings. The Hall–Kier alpha value is -0.600. The fourth-order valence-electron chi connectivity index (χ4n) is 12.8. The zero-order valence-electron chi connectivity index (χ0n) is 31.6. The number of hydrogen-bond acceptors (Lipinski definition) is 2. The van der Waals surface area contributed by atoms with Crippen LogP contribution in [0, 0.1) is 23.7 Å². The van der Waals surface area contributed by atoms with Gasteiger partial charge < -0.3 is 0 Å². The molecular formula is C46H78N2. The predicted molar refractivity (Wildman–Crippen MR) is 206 cm³/mol. The lowest BCUT2D eigenvalue weighted by Crippen LogP contribution is -2.51. The van der Waals surface area contributed by atoms with Crippen molar-refractivity contribution in [1.29, 1.82) is 0 Å². The van der Waals surface area contributed by atoms with Crippen molar-refractivity contribution in [2.24, 2.45) is 23.7 Å². The van der Waals surface area contributed by atoms with Gasteiger partial charge in [0, 0.05) is 36.3 Å². The molecule has 0 bridgehead atoms. The molecule has 7 rings (SSSR count). The SMILES string of the molecule is C(=CC1CCCCC1C=CC1CCC(N(C2CCCCC2)C2CCCCC2)CC1)C1CCC(N(C2CCCCC2)C2CCCCC2)CC1. The average Bonchev–Trinajstić information content (AvgIpc) is 3.16.